The number of halogens is 1. The molecule has 0 radical (unpaired) electrons. The van der Waals surface area contributed by atoms with E-state index in [0.717, 1.165) is 48.4 Å². The van der Waals surface area contributed by atoms with Crippen molar-refractivity contribution in [1.29, 1.82) is 0 Å². The molecule has 1 aliphatic heterocycles. The van der Waals surface area contributed by atoms with Crippen molar-refractivity contribution in [2.45, 2.75) is 52.2 Å². The van der Waals surface area contributed by atoms with E-state index in [1.807, 2.05) is 51.1 Å². The number of carbonyl (C=O) groups is 1. The van der Waals surface area contributed by atoms with E-state index in [1.54, 1.807) is 0 Å². The number of β-amino-alcohol motifs (C(OH)–C–C–N with tert-alkyl or cyclic N) is 1. The van der Waals surface area contributed by atoms with Gasteiger partial charge in [0.2, 0.25) is 0 Å². The van der Waals surface area contributed by atoms with Gasteiger partial charge in [-0.15, -0.1) is 0 Å². The smallest absolute Gasteiger partial charge is 0.407 e. The van der Waals surface area contributed by atoms with Crippen LogP contribution in [0.4, 0.5) is 4.79 Å². The van der Waals surface area contributed by atoms with E-state index >= 15 is 0 Å². The molecule has 1 saturated heterocycles. The van der Waals surface area contributed by atoms with Gasteiger partial charge in [-0.25, -0.2) is 4.79 Å². The Hall–Kier alpha value is -2.02. The number of hydrogen-bond acceptors (Lipinski definition) is 4. The number of nitrogens with zero attached hydrogens (tertiary/aromatic N) is 2. The van der Waals surface area contributed by atoms with Crippen molar-refractivity contribution in [2.75, 3.05) is 26.2 Å². The number of aliphatic hydroxyl groups is 1. The topological polar surface area (TPSA) is 66.7 Å². The van der Waals surface area contributed by atoms with Gasteiger partial charge in [0.1, 0.15) is 6.10 Å². The van der Waals surface area contributed by atoms with Crippen molar-refractivity contribution >= 4 is 17.7 Å². The summed E-state index contributed by atoms with van der Waals surface area (Å²) < 4.78 is 7.67. The quantitative estimate of drug-likeness (QED) is 0.679. The zero-order chi connectivity index (χ0) is 21.7. The van der Waals surface area contributed by atoms with E-state index in [1.165, 1.54) is 0 Å². The minimum atomic E-state index is -0.607. The fraction of sp³-hybridized carbons (Fsp3) is 0.522. The SMILES string of the molecule is CCCNC(=O)OC1CCCN(CC(O)c2cc(C)n(-c3ccc(Cl)cc3)c2C)C1. The molecule has 1 aromatic heterocycles. The lowest BCUT2D eigenvalue weighted by molar-refractivity contribution is 0.0233. The number of alkyl carbamates (subject to hydrolysis) is 1. The lowest BCUT2D eigenvalue weighted by Gasteiger charge is -2.33. The van der Waals surface area contributed by atoms with Gasteiger partial charge in [-0.2, -0.15) is 0 Å². The highest BCUT2D eigenvalue weighted by atomic mass is 35.5. The first-order valence-electron chi connectivity index (χ1n) is 10.7. The molecule has 0 saturated carbocycles. The summed E-state index contributed by atoms with van der Waals surface area (Å²) >= 11 is 6.02. The second-order valence-electron chi connectivity index (χ2n) is 8.01. The number of aromatic nitrogens is 1. The van der Waals surface area contributed by atoms with Gasteiger partial charge in [-0.3, -0.25) is 4.90 Å². The predicted molar refractivity (Wildman–Crippen MR) is 119 cm³/mol. The van der Waals surface area contributed by atoms with Gasteiger partial charge in [0.15, 0.2) is 0 Å². The summed E-state index contributed by atoms with van der Waals surface area (Å²) in [7, 11) is 0. The van der Waals surface area contributed by atoms with Crippen LogP contribution in [0.3, 0.4) is 0 Å². The highest BCUT2D eigenvalue weighted by Crippen LogP contribution is 2.27. The highest BCUT2D eigenvalue weighted by molar-refractivity contribution is 6.30. The third-order valence-corrected chi connectivity index (χ3v) is 5.85. The molecule has 1 amide bonds. The number of amides is 1. The predicted octanol–water partition coefficient (Wildman–Crippen LogP) is 4.38. The summed E-state index contributed by atoms with van der Waals surface area (Å²) in [5.41, 5.74) is 4.03. The normalized spacial score (nSPS) is 18.2. The van der Waals surface area contributed by atoms with Crippen molar-refractivity contribution in [3.8, 4) is 5.69 Å². The number of aliphatic hydroxyl groups excluding tert-OH is 1. The minimum absolute atomic E-state index is 0.135. The Morgan fingerprint density at radius 2 is 2.07 bits per heavy atom. The zero-order valence-electron chi connectivity index (χ0n) is 18.0. The van der Waals surface area contributed by atoms with E-state index in [9.17, 15) is 9.90 Å². The number of piperidine rings is 1. The third-order valence-electron chi connectivity index (χ3n) is 5.60. The molecule has 2 unspecified atom stereocenters. The van der Waals surface area contributed by atoms with Crippen LogP contribution in [0.15, 0.2) is 30.3 Å². The van der Waals surface area contributed by atoms with Crippen LogP contribution in [0, 0.1) is 13.8 Å². The lowest BCUT2D eigenvalue weighted by atomic mass is 10.1. The van der Waals surface area contributed by atoms with E-state index in [0.29, 0.717) is 24.7 Å². The summed E-state index contributed by atoms with van der Waals surface area (Å²) in [4.78, 5) is 14.0. The molecule has 2 atom stereocenters. The summed E-state index contributed by atoms with van der Waals surface area (Å²) in [5.74, 6) is 0. The van der Waals surface area contributed by atoms with E-state index < -0.39 is 6.10 Å². The molecule has 7 heteroatoms. The molecular weight excluding hydrogens is 402 g/mol. The molecule has 2 N–H and O–H groups in total. The first-order valence-corrected chi connectivity index (χ1v) is 11.1. The first-order chi connectivity index (χ1) is 14.4. The number of rotatable bonds is 7. The molecule has 2 heterocycles. The van der Waals surface area contributed by atoms with Gasteiger partial charge in [0.05, 0.1) is 6.10 Å². The van der Waals surface area contributed by atoms with Gasteiger partial charge in [0, 0.05) is 47.3 Å². The van der Waals surface area contributed by atoms with E-state index in [2.05, 4.69) is 14.8 Å². The molecule has 2 aromatic rings. The standard InChI is InChI=1S/C23H32ClN3O3/c1-4-11-25-23(29)30-20-6-5-12-26(14-20)15-22(28)21-13-16(2)27(17(21)3)19-9-7-18(24)8-10-19/h7-10,13,20,22,28H,4-6,11-12,14-15H2,1-3H3,(H,25,29). The molecule has 0 spiro atoms. The molecule has 3 rings (SSSR count). The molecule has 164 valence electrons. The Morgan fingerprint density at radius 1 is 1.33 bits per heavy atom. The number of benzene rings is 1. The maximum atomic E-state index is 11.8. The Morgan fingerprint density at radius 3 is 2.77 bits per heavy atom. The largest absolute Gasteiger partial charge is 0.445 e. The summed E-state index contributed by atoms with van der Waals surface area (Å²) in [5, 5.41) is 14.4. The van der Waals surface area contributed by atoms with Crippen LogP contribution in [0.2, 0.25) is 5.02 Å². The average molecular weight is 434 g/mol. The number of carbonyl (C=O) groups excluding carboxylic acids is 1. The van der Waals surface area contributed by atoms with Gasteiger partial charge in [-0.1, -0.05) is 18.5 Å². The molecule has 1 aromatic carbocycles. The van der Waals surface area contributed by atoms with Crippen molar-refractivity contribution in [3.05, 3.63) is 52.3 Å². The second kappa shape index (κ2) is 10.3. The number of ether oxygens (including phenoxy) is 1. The van der Waals surface area contributed by atoms with Crippen LogP contribution < -0.4 is 5.32 Å². The van der Waals surface area contributed by atoms with Crippen molar-refractivity contribution in [3.63, 3.8) is 0 Å². The molecule has 0 bridgehead atoms. The van der Waals surface area contributed by atoms with Gasteiger partial charge < -0.3 is 19.7 Å². The van der Waals surface area contributed by atoms with Crippen LogP contribution in [0.1, 0.15) is 49.2 Å². The number of hydrogen-bond donors (Lipinski definition) is 2. The van der Waals surface area contributed by atoms with Crippen LogP contribution in [-0.2, 0) is 4.74 Å². The monoisotopic (exact) mass is 433 g/mol. The fourth-order valence-electron chi connectivity index (χ4n) is 4.15. The van der Waals surface area contributed by atoms with Crippen LogP contribution >= 0.6 is 11.6 Å². The van der Waals surface area contributed by atoms with E-state index in [-0.39, 0.29) is 12.2 Å². The minimum Gasteiger partial charge on any atom is -0.445 e. The van der Waals surface area contributed by atoms with Crippen LogP contribution in [0.5, 0.6) is 0 Å². The maximum Gasteiger partial charge on any atom is 0.407 e. The maximum absolute atomic E-state index is 11.8. The Bertz CT molecular complexity index is 850. The van der Waals surface area contributed by atoms with Crippen molar-refractivity contribution in [1.82, 2.24) is 14.8 Å². The molecule has 30 heavy (non-hydrogen) atoms. The summed E-state index contributed by atoms with van der Waals surface area (Å²) in [6.45, 7) is 8.75. The van der Waals surface area contributed by atoms with E-state index in [4.69, 9.17) is 16.3 Å². The number of likely N-dealkylation sites (tertiary alicyclic amines) is 1. The van der Waals surface area contributed by atoms with Crippen LogP contribution in [-0.4, -0.2) is 52.9 Å². The second-order valence-corrected chi connectivity index (χ2v) is 8.45. The Kier molecular flexibility index (Phi) is 7.81. The molecule has 1 fully saturated rings. The number of aryl methyl sites for hydroxylation is 1. The van der Waals surface area contributed by atoms with Crippen LogP contribution in [0.25, 0.3) is 5.69 Å². The Labute approximate surface area is 183 Å². The fourth-order valence-corrected chi connectivity index (χ4v) is 4.28. The van der Waals surface area contributed by atoms with Crippen molar-refractivity contribution in [2.24, 2.45) is 0 Å². The summed E-state index contributed by atoms with van der Waals surface area (Å²) in [6, 6.07) is 9.75. The lowest BCUT2D eigenvalue weighted by Crippen LogP contribution is -2.43. The summed E-state index contributed by atoms with van der Waals surface area (Å²) in [6.07, 6.45) is 1.59. The van der Waals surface area contributed by atoms with Crippen molar-refractivity contribution < 1.29 is 14.6 Å². The molecular formula is C23H32ClN3O3. The average Bonchev–Trinajstić information content (AvgIpc) is 3.01. The number of nitrogens with one attached hydrogen (secondary N) is 1. The van der Waals surface area contributed by atoms with Gasteiger partial charge in [-0.05, 0) is 70.0 Å². The zero-order valence-corrected chi connectivity index (χ0v) is 18.8. The molecule has 6 nitrogen and oxygen atoms in total. The first kappa shape index (κ1) is 22.7. The van der Waals surface area contributed by atoms with Gasteiger partial charge in [0.25, 0.3) is 0 Å². The molecule has 1 aliphatic rings. The molecule has 0 aliphatic carbocycles. The third kappa shape index (κ3) is 5.56. The Balaban J connectivity index is 1.64. The highest BCUT2D eigenvalue weighted by Gasteiger charge is 2.26. The van der Waals surface area contributed by atoms with Gasteiger partial charge >= 0.3 is 6.09 Å².